The van der Waals surface area contributed by atoms with Crippen molar-refractivity contribution in [2.75, 3.05) is 48.1 Å². The molecule has 0 radical (unpaired) electrons. The van der Waals surface area contributed by atoms with Gasteiger partial charge in [0.25, 0.3) is 0 Å². The first kappa shape index (κ1) is 27.1. The normalized spacial score (nSPS) is 24.6. The summed E-state index contributed by atoms with van der Waals surface area (Å²) in [6.07, 6.45) is 5.37. The summed E-state index contributed by atoms with van der Waals surface area (Å²) in [6, 6.07) is 9.37. The number of fused-ring (bicyclic) bond motifs is 4. The summed E-state index contributed by atoms with van der Waals surface area (Å²) in [6.45, 7) is 9.73. The van der Waals surface area contributed by atoms with Gasteiger partial charge < -0.3 is 23.8 Å². The molecule has 0 saturated carbocycles. The summed E-state index contributed by atoms with van der Waals surface area (Å²) in [5, 5.41) is 0.834. The predicted octanol–water partition coefficient (Wildman–Crippen LogP) is 6.06. The maximum atomic E-state index is 5.72. The average Bonchev–Trinajstić information content (AvgIpc) is 2.94. The molecule has 3 aliphatic rings. The van der Waals surface area contributed by atoms with Gasteiger partial charge in [0.1, 0.15) is 0 Å². The lowest BCUT2D eigenvalue weighted by atomic mass is 9.72. The number of methoxy groups -OCH3 is 4. The van der Waals surface area contributed by atoms with Crippen LogP contribution in [0, 0.1) is 11.8 Å². The van der Waals surface area contributed by atoms with Crippen molar-refractivity contribution in [2.45, 2.75) is 51.1 Å². The van der Waals surface area contributed by atoms with Gasteiger partial charge in [-0.15, -0.1) is 12.6 Å². The second-order valence-corrected chi connectivity index (χ2v) is 11.4. The molecule has 6 nitrogen and oxygen atoms in total. The molecule has 0 unspecified atom stereocenters. The van der Waals surface area contributed by atoms with Gasteiger partial charge in [-0.25, -0.2) is 0 Å². The highest BCUT2D eigenvalue weighted by atomic mass is 32.1. The van der Waals surface area contributed by atoms with Crippen LogP contribution in [0.15, 0.2) is 35.9 Å². The number of ether oxygens (including phenoxy) is 4. The van der Waals surface area contributed by atoms with Gasteiger partial charge >= 0.3 is 0 Å². The topological polar surface area (TPSA) is 43.4 Å². The summed E-state index contributed by atoms with van der Waals surface area (Å²) >= 11 is 4.74. The molecule has 2 aromatic carbocycles. The Morgan fingerprint density at radius 2 is 1.39 bits per heavy atom. The first-order valence-corrected chi connectivity index (χ1v) is 14.2. The lowest BCUT2D eigenvalue weighted by Crippen LogP contribution is -2.47. The molecule has 0 amide bonds. The van der Waals surface area contributed by atoms with E-state index in [4.69, 9.17) is 31.6 Å². The zero-order chi connectivity index (χ0) is 27.0. The molecule has 1 fully saturated rings. The van der Waals surface area contributed by atoms with E-state index in [1.807, 2.05) is 0 Å². The van der Waals surface area contributed by atoms with Crippen LogP contribution in [0.1, 0.15) is 60.5 Å². The van der Waals surface area contributed by atoms with Crippen molar-refractivity contribution >= 4 is 12.6 Å². The van der Waals surface area contributed by atoms with Crippen molar-refractivity contribution in [3.63, 3.8) is 0 Å². The van der Waals surface area contributed by atoms with Crippen LogP contribution < -0.4 is 18.9 Å². The summed E-state index contributed by atoms with van der Waals surface area (Å²) in [5.74, 6) is 4.44. The maximum absolute atomic E-state index is 5.72. The molecular formula is C31H42N2O4S. The van der Waals surface area contributed by atoms with Crippen LogP contribution in [0.3, 0.4) is 0 Å². The Hall–Kier alpha value is -2.51. The Morgan fingerprint density at radius 3 is 1.97 bits per heavy atom. The molecule has 0 aromatic heterocycles. The number of hydrogen-bond donors (Lipinski definition) is 1. The maximum Gasteiger partial charge on any atom is 0.161 e. The Balaban J connectivity index is 1.49. The van der Waals surface area contributed by atoms with Gasteiger partial charge in [0.2, 0.25) is 0 Å². The van der Waals surface area contributed by atoms with Gasteiger partial charge in [0.05, 0.1) is 39.5 Å². The Labute approximate surface area is 233 Å². The number of thiol groups is 1. The molecule has 2 aromatic rings. The summed E-state index contributed by atoms with van der Waals surface area (Å²) in [7, 11) is 6.86. The Kier molecular flexibility index (Phi) is 8.06. The van der Waals surface area contributed by atoms with E-state index in [1.165, 1.54) is 28.7 Å². The van der Waals surface area contributed by atoms with Crippen LogP contribution in [0.5, 0.6) is 23.0 Å². The van der Waals surface area contributed by atoms with Gasteiger partial charge in [-0.2, -0.15) is 0 Å². The van der Waals surface area contributed by atoms with E-state index in [9.17, 15) is 0 Å². The highest BCUT2D eigenvalue weighted by Gasteiger charge is 2.41. The fourth-order valence-electron chi connectivity index (χ4n) is 7.13. The van der Waals surface area contributed by atoms with Crippen molar-refractivity contribution in [1.29, 1.82) is 0 Å². The SMILES string of the molecule is C=C(S)N1CCc2cc(OC)c(OC)cc2[C@H]1C[C@H]1C[C@H]2c3cc(OC)c(OC)cc3CCN2C[C@@H]1CC. The third kappa shape index (κ3) is 4.84. The molecule has 1 saturated heterocycles. The van der Waals surface area contributed by atoms with Crippen LogP contribution in [-0.4, -0.2) is 57.9 Å². The highest BCUT2D eigenvalue weighted by molar-refractivity contribution is 7.84. The third-order valence-electron chi connectivity index (χ3n) is 9.16. The largest absolute Gasteiger partial charge is 0.493 e. The second kappa shape index (κ2) is 11.3. The van der Waals surface area contributed by atoms with E-state index in [0.717, 1.165) is 73.3 Å². The smallest absolute Gasteiger partial charge is 0.161 e. The predicted molar refractivity (Wildman–Crippen MR) is 155 cm³/mol. The Morgan fingerprint density at radius 1 is 0.842 bits per heavy atom. The third-order valence-corrected chi connectivity index (χ3v) is 9.42. The molecule has 38 heavy (non-hydrogen) atoms. The van der Waals surface area contributed by atoms with Crippen molar-refractivity contribution in [2.24, 2.45) is 11.8 Å². The van der Waals surface area contributed by atoms with E-state index in [1.54, 1.807) is 28.4 Å². The van der Waals surface area contributed by atoms with Crippen LogP contribution in [0.2, 0.25) is 0 Å². The van der Waals surface area contributed by atoms with Crippen LogP contribution in [-0.2, 0) is 12.8 Å². The standard InChI is InChI=1S/C31H42N2O4S/c1-7-20-18-32-10-8-21-14-28(34-3)30(36-5)16-24(21)26(32)12-23(20)13-27-25-17-31(37-6)29(35-4)15-22(25)9-11-33(27)19(2)38/h14-17,20,23,26-27,38H,2,7-13,18H2,1,3-6H3/t20-,23+,26-,27+/m0/s1. The molecular weight excluding hydrogens is 496 g/mol. The molecule has 0 aliphatic carbocycles. The Bertz CT molecular complexity index is 1180. The van der Waals surface area contributed by atoms with E-state index in [0.29, 0.717) is 17.9 Å². The van der Waals surface area contributed by atoms with Crippen molar-refractivity contribution < 1.29 is 18.9 Å². The molecule has 0 bridgehead atoms. The highest BCUT2D eigenvalue weighted by Crippen LogP contribution is 2.49. The summed E-state index contributed by atoms with van der Waals surface area (Å²) in [5.41, 5.74) is 5.45. The van der Waals surface area contributed by atoms with Gasteiger partial charge in [0, 0.05) is 25.7 Å². The second-order valence-electron chi connectivity index (χ2n) is 10.8. The van der Waals surface area contributed by atoms with E-state index < -0.39 is 0 Å². The number of piperidine rings is 1. The average molecular weight is 539 g/mol. The fraction of sp³-hybridized carbons (Fsp3) is 0.548. The first-order chi connectivity index (χ1) is 18.4. The van der Waals surface area contributed by atoms with E-state index in [-0.39, 0.29) is 6.04 Å². The fourth-order valence-corrected chi connectivity index (χ4v) is 7.37. The van der Waals surface area contributed by atoms with Gasteiger partial charge in [-0.1, -0.05) is 19.9 Å². The number of rotatable bonds is 8. The zero-order valence-corrected chi connectivity index (χ0v) is 24.4. The molecule has 3 heterocycles. The van der Waals surface area contributed by atoms with Crippen LogP contribution in [0.25, 0.3) is 0 Å². The lowest BCUT2D eigenvalue weighted by molar-refractivity contribution is 0.0357. The van der Waals surface area contributed by atoms with Crippen LogP contribution >= 0.6 is 12.6 Å². The number of hydrogen-bond acceptors (Lipinski definition) is 7. The molecule has 0 spiro atoms. The molecule has 0 N–H and O–H groups in total. The van der Waals surface area contributed by atoms with Gasteiger partial charge in [-0.05, 0) is 84.0 Å². The van der Waals surface area contributed by atoms with Crippen molar-refractivity contribution in [3.8, 4) is 23.0 Å². The van der Waals surface area contributed by atoms with Gasteiger partial charge in [0.15, 0.2) is 23.0 Å². The van der Waals surface area contributed by atoms with Crippen LogP contribution in [0.4, 0.5) is 0 Å². The number of benzene rings is 2. The molecule has 206 valence electrons. The van der Waals surface area contributed by atoms with Crippen molar-refractivity contribution in [1.82, 2.24) is 9.80 Å². The van der Waals surface area contributed by atoms with Crippen molar-refractivity contribution in [3.05, 3.63) is 58.1 Å². The first-order valence-electron chi connectivity index (χ1n) is 13.8. The molecule has 4 atom stereocenters. The lowest BCUT2D eigenvalue weighted by Gasteiger charge is -2.49. The minimum Gasteiger partial charge on any atom is -0.493 e. The van der Waals surface area contributed by atoms with E-state index >= 15 is 0 Å². The zero-order valence-electron chi connectivity index (χ0n) is 23.5. The summed E-state index contributed by atoms with van der Waals surface area (Å²) < 4.78 is 22.7. The summed E-state index contributed by atoms with van der Waals surface area (Å²) in [4.78, 5) is 5.09. The quantitative estimate of drug-likeness (QED) is 0.413. The van der Waals surface area contributed by atoms with Gasteiger partial charge in [-0.3, -0.25) is 4.90 Å². The molecule has 3 aliphatic heterocycles. The molecule has 5 rings (SSSR count). The minimum atomic E-state index is 0.211. The molecule has 7 heteroatoms. The monoisotopic (exact) mass is 538 g/mol. The minimum absolute atomic E-state index is 0.211. The van der Waals surface area contributed by atoms with E-state index in [2.05, 4.69) is 47.6 Å². The number of nitrogens with zero attached hydrogens (tertiary/aromatic N) is 2.